The van der Waals surface area contributed by atoms with E-state index in [4.69, 9.17) is 4.74 Å². The van der Waals surface area contributed by atoms with Crippen molar-refractivity contribution < 1.29 is 9.53 Å². The zero-order valence-corrected chi connectivity index (χ0v) is 18.1. The number of hydrogen-bond acceptors (Lipinski definition) is 4. The monoisotopic (exact) mass is 427 g/mol. The Labute approximate surface area is 186 Å². The summed E-state index contributed by atoms with van der Waals surface area (Å²) in [6, 6.07) is 22.2. The predicted molar refractivity (Wildman–Crippen MR) is 125 cm³/mol. The standard InChI is InChI=1S/C26H25N3O3/c1-3-22(19-9-5-4-6-10-19)26(31)28-20-13-12-18(2)23(15-20)32-17-21-16-25(30)29-14-8-7-11-24(29)27-21/h4-16,22H,3,17H2,1-2H3,(H,28,31)/t22-/m1/s1. The molecule has 0 radical (unpaired) electrons. The Morgan fingerprint density at radius 3 is 2.62 bits per heavy atom. The van der Waals surface area contributed by atoms with Crippen molar-refractivity contribution in [1.82, 2.24) is 9.38 Å². The number of aromatic nitrogens is 2. The Kier molecular flexibility index (Phi) is 6.31. The van der Waals surface area contributed by atoms with Gasteiger partial charge in [-0.3, -0.25) is 14.0 Å². The van der Waals surface area contributed by atoms with Crippen LogP contribution < -0.4 is 15.6 Å². The summed E-state index contributed by atoms with van der Waals surface area (Å²) in [5.74, 6) is 0.347. The number of nitrogens with one attached hydrogen (secondary N) is 1. The lowest BCUT2D eigenvalue weighted by atomic mass is 9.95. The molecule has 1 N–H and O–H groups in total. The molecule has 1 amide bonds. The molecule has 0 saturated carbocycles. The van der Waals surface area contributed by atoms with Gasteiger partial charge in [0.15, 0.2) is 0 Å². The van der Waals surface area contributed by atoms with Crippen LogP contribution in [0.4, 0.5) is 5.69 Å². The van der Waals surface area contributed by atoms with E-state index in [9.17, 15) is 9.59 Å². The molecule has 0 aliphatic carbocycles. The van der Waals surface area contributed by atoms with Crippen molar-refractivity contribution in [3.05, 3.63) is 106 Å². The van der Waals surface area contributed by atoms with E-state index in [-0.39, 0.29) is 24.0 Å². The number of nitrogens with zero attached hydrogens (tertiary/aromatic N) is 2. The third-order valence-electron chi connectivity index (χ3n) is 5.38. The maximum Gasteiger partial charge on any atom is 0.258 e. The smallest absolute Gasteiger partial charge is 0.258 e. The number of carbonyl (C=O) groups excluding carboxylic acids is 1. The number of rotatable bonds is 7. The highest BCUT2D eigenvalue weighted by atomic mass is 16.5. The molecular formula is C26H25N3O3. The highest BCUT2D eigenvalue weighted by Gasteiger charge is 2.19. The van der Waals surface area contributed by atoms with Crippen LogP contribution in [0.15, 0.2) is 83.8 Å². The highest BCUT2D eigenvalue weighted by Crippen LogP contribution is 2.26. The molecular weight excluding hydrogens is 402 g/mol. The number of fused-ring (bicyclic) bond motifs is 1. The second-order valence-electron chi connectivity index (χ2n) is 7.64. The molecule has 2 aromatic carbocycles. The van der Waals surface area contributed by atoms with Crippen molar-refractivity contribution in [1.29, 1.82) is 0 Å². The minimum Gasteiger partial charge on any atom is -0.487 e. The molecule has 0 aliphatic rings. The first-order valence-electron chi connectivity index (χ1n) is 10.6. The third-order valence-corrected chi connectivity index (χ3v) is 5.38. The van der Waals surface area contributed by atoms with Gasteiger partial charge in [-0.05, 0) is 42.7 Å². The van der Waals surface area contributed by atoms with Crippen molar-refractivity contribution in [2.75, 3.05) is 5.32 Å². The van der Waals surface area contributed by atoms with E-state index in [0.717, 1.165) is 11.1 Å². The molecule has 4 rings (SSSR count). The van der Waals surface area contributed by atoms with E-state index in [1.54, 1.807) is 24.4 Å². The fourth-order valence-electron chi connectivity index (χ4n) is 3.65. The Bertz CT molecular complexity index is 1300. The minimum absolute atomic E-state index is 0.0577. The van der Waals surface area contributed by atoms with Gasteiger partial charge < -0.3 is 10.1 Å². The van der Waals surface area contributed by atoms with Gasteiger partial charge in [-0.1, -0.05) is 49.4 Å². The average Bonchev–Trinajstić information content (AvgIpc) is 2.80. The van der Waals surface area contributed by atoms with Gasteiger partial charge in [-0.25, -0.2) is 4.98 Å². The number of amides is 1. The summed E-state index contributed by atoms with van der Waals surface area (Å²) in [6.45, 7) is 4.09. The summed E-state index contributed by atoms with van der Waals surface area (Å²) in [4.78, 5) is 29.7. The second-order valence-corrected chi connectivity index (χ2v) is 7.64. The van der Waals surface area contributed by atoms with Gasteiger partial charge in [0, 0.05) is 24.0 Å². The van der Waals surface area contributed by atoms with Crippen LogP contribution in [0.3, 0.4) is 0 Å². The fraction of sp³-hybridized carbons (Fsp3) is 0.192. The molecule has 2 aromatic heterocycles. The van der Waals surface area contributed by atoms with Crippen LogP contribution >= 0.6 is 0 Å². The van der Waals surface area contributed by atoms with Crippen LogP contribution in [-0.2, 0) is 11.4 Å². The number of anilines is 1. The van der Waals surface area contributed by atoms with Crippen LogP contribution in [0.1, 0.15) is 36.1 Å². The molecule has 2 heterocycles. The lowest BCUT2D eigenvalue weighted by Crippen LogP contribution is -2.20. The Morgan fingerprint density at radius 2 is 1.84 bits per heavy atom. The Morgan fingerprint density at radius 1 is 1.06 bits per heavy atom. The fourth-order valence-corrected chi connectivity index (χ4v) is 3.65. The molecule has 0 saturated heterocycles. The van der Waals surface area contributed by atoms with Crippen molar-refractivity contribution in [2.24, 2.45) is 0 Å². The van der Waals surface area contributed by atoms with Gasteiger partial charge >= 0.3 is 0 Å². The van der Waals surface area contributed by atoms with E-state index >= 15 is 0 Å². The predicted octanol–water partition coefficient (Wildman–Crippen LogP) is 4.71. The van der Waals surface area contributed by atoms with Gasteiger partial charge in [-0.2, -0.15) is 0 Å². The molecule has 0 fully saturated rings. The first kappa shape index (κ1) is 21.3. The van der Waals surface area contributed by atoms with E-state index < -0.39 is 0 Å². The minimum atomic E-state index is -0.225. The van der Waals surface area contributed by atoms with Crippen LogP contribution in [0, 0.1) is 6.92 Å². The number of pyridine rings is 1. The van der Waals surface area contributed by atoms with Crippen molar-refractivity contribution >= 4 is 17.2 Å². The molecule has 162 valence electrons. The molecule has 1 atom stereocenters. The van der Waals surface area contributed by atoms with E-state index in [1.807, 2.05) is 62.4 Å². The lowest BCUT2D eigenvalue weighted by Gasteiger charge is -2.17. The first-order chi connectivity index (χ1) is 15.5. The topological polar surface area (TPSA) is 72.7 Å². The largest absolute Gasteiger partial charge is 0.487 e. The van der Waals surface area contributed by atoms with Crippen LogP contribution in [0.2, 0.25) is 0 Å². The van der Waals surface area contributed by atoms with Gasteiger partial charge in [0.25, 0.3) is 5.56 Å². The molecule has 0 bridgehead atoms. The SMILES string of the molecule is CC[C@@H](C(=O)Nc1ccc(C)c(OCc2cc(=O)n3ccccc3n2)c1)c1ccccc1. The summed E-state index contributed by atoms with van der Waals surface area (Å²) in [7, 11) is 0. The van der Waals surface area contributed by atoms with Gasteiger partial charge in [0.05, 0.1) is 11.6 Å². The highest BCUT2D eigenvalue weighted by molar-refractivity contribution is 5.96. The van der Waals surface area contributed by atoms with Crippen molar-refractivity contribution in [2.45, 2.75) is 32.8 Å². The van der Waals surface area contributed by atoms with Gasteiger partial charge in [0.1, 0.15) is 18.0 Å². The molecule has 6 nitrogen and oxygen atoms in total. The van der Waals surface area contributed by atoms with Gasteiger partial charge in [-0.15, -0.1) is 0 Å². The van der Waals surface area contributed by atoms with E-state index in [0.29, 0.717) is 29.2 Å². The van der Waals surface area contributed by atoms with Crippen LogP contribution in [0.25, 0.3) is 5.65 Å². The average molecular weight is 428 g/mol. The molecule has 0 spiro atoms. The molecule has 6 heteroatoms. The third kappa shape index (κ3) is 4.70. The molecule has 32 heavy (non-hydrogen) atoms. The number of hydrogen-bond donors (Lipinski definition) is 1. The summed E-state index contributed by atoms with van der Waals surface area (Å²) in [5, 5.41) is 3.00. The number of ether oxygens (including phenoxy) is 1. The number of aryl methyl sites for hydroxylation is 1. The van der Waals surface area contributed by atoms with Crippen molar-refractivity contribution in [3.63, 3.8) is 0 Å². The maximum absolute atomic E-state index is 12.9. The van der Waals surface area contributed by atoms with Crippen LogP contribution in [0.5, 0.6) is 5.75 Å². The summed E-state index contributed by atoms with van der Waals surface area (Å²) in [6.07, 6.45) is 2.39. The Hall–Kier alpha value is -3.93. The summed E-state index contributed by atoms with van der Waals surface area (Å²) in [5.41, 5.74) is 3.54. The van der Waals surface area contributed by atoms with E-state index in [2.05, 4.69) is 10.3 Å². The Balaban J connectivity index is 1.49. The second kappa shape index (κ2) is 9.47. The van der Waals surface area contributed by atoms with Crippen molar-refractivity contribution in [3.8, 4) is 5.75 Å². The first-order valence-corrected chi connectivity index (χ1v) is 10.6. The molecule has 0 aliphatic heterocycles. The number of benzene rings is 2. The molecule has 0 unspecified atom stereocenters. The zero-order chi connectivity index (χ0) is 22.5. The van der Waals surface area contributed by atoms with Crippen LogP contribution in [-0.4, -0.2) is 15.3 Å². The molecule has 4 aromatic rings. The van der Waals surface area contributed by atoms with Gasteiger partial charge in [0.2, 0.25) is 5.91 Å². The summed E-state index contributed by atoms with van der Waals surface area (Å²) >= 11 is 0. The normalized spacial score (nSPS) is 11.8. The zero-order valence-electron chi connectivity index (χ0n) is 18.1. The maximum atomic E-state index is 12.9. The number of carbonyl (C=O) groups is 1. The lowest BCUT2D eigenvalue weighted by molar-refractivity contribution is -0.117. The van der Waals surface area contributed by atoms with E-state index in [1.165, 1.54) is 10.5 Å². The summed E-state index contributed by atoms with van der Waals surface area (Å²) < 4.78 is 7.45. The quantitative estimate of drug-likeness (QED) is 0.463.